The highest BCUT2D eigenvalue weighted by Crippen LogP contribution is 2.11. The number of aliphatic hydroxyl groups excluding tert-OH is 1. The number of amides is 2. The molecule has 1 atom stereocenters. The monoisotopic (exact) mass is 326 g/mol. The van der Waals surface area contributed by atoms with Gasteiger partial charge >= 0.3 is 0 Å². The van der Waals surface area contributed by atoms with Gasteiger partial charge in [0.1, 0.15) is 0 Å². The Kier molecular flexibility index (Phi) is 6.51. The average Bonchev–Trinajstić information content (AvgIpc) is 2.62. The fourth-order valence-electron chi connectivity index (χ4n) is 2.16. The van der Waals surface area contributed by atoms with Crippen molar-refractivity contribution in [1.29, 1.82) is 0 Å². The molecule has 5 nitrogen and oxygen atoms in total. The molecule has 0 heterocycles. The van der Waals surface area contributed by atoms with Crippen LogP contribution in [0, 0.1) is 0 Å². The summed E-state index contributed by atoms with van der Waals surface area (Å²) in [6.07, 6.45) is 0.819. The SMILES string of the molecule is CCC(O)CCNC(=O)c1ccc(NC(=O)c2ccccc2)cc1. The molecule has 5 heteroatoms. The molecule has 1 unspecified atom stereocenters. The molecule has 0 radical (unpaired) electrons. The van der Waals surface area contributed by atoms with Crippen molar-refractivity contribution in [3.63, 3.8) is 0 Å². The van der Waals surface area contributed by atoms with E-state index in [2.05, 4.69) is 10.6 Å². The lowest BCUT2D eigenvalue weighted by atomic mass is 10.1. The second-order valence-corrected chi connectivity index (χ2v) is 5.50. The van der Waals surface area contributed by atoms with Crippen molar-refractivity contribution in [2.24, 2.45) is 0 Å². The van der Waals surface area contributed by atoms with Gasteiger partial charge in [-0.15, -0.1) is 0 Å². The quantitative estimate of drug-likeness (QED) is 0.732. The van der Waals surface area contributed by atoms with Crippen molar-refractivity contribution >= 4 is 17.5 Å². The van der Waals surface area contributed by atoms with Crippen LogP contribution in [0.15, 0.2) is 54.6 Å². The van der Waals surface area contributed by atoms with Crippen LogP contribution >= 0.6 is 0 Å². The molecule has 0 fully saturated rings. The minimum absolute atomic E-state index is 0.193. The number of hydrogen-bond donors (Lipinski definition) is 3. The number of carbonyl (C=O) groups excluding carboxylic acids is 2. The summed E-state index contributed by atoms with van der Waals surface area (Å²) in [6.45, 7) is 2.33. The van der Waals surface area contributed by atoms with E-state index in [0.29, 0.717) is 36.2 Å². The molecule has 126 valence electrons. The maximum absolute atomic E-state index is 12.1. The summed E-state index contributed by atoms with van der Waals surface area (Å²) in [5.74, 6) is -0.388. The number of rotatable bonds is 7. The largest absolute Gasteiger partial charge is 0.393 e. The Morgan fingerprint density at radius 1 is 0.958 bits per heavy atom. The molecule has 0 aliphatic carbocycles. The number of benzene rings is 2. The van der Waals surface area contributed by atoms with Crippen LogP contribution in [0.1, 0.15) is 40.5 Å². The van der Waals surface area contributed by atoms with Gasteiger partial charge < -0.3 is 15.7 Å². The van der Waals surface area contributed by atoms with E-state index < -0.39 is 0 Å². The fourth-order valence-corrected chi connectivity index (χ4v) is 2.16. The molecule has 2 aromatic rings. The molecule has 0 aromatic heterocycles. The van der Waals surface area contributed by atoms with E-state index in [-0.39, 0.29) is 17.9 Å². The van der Waals surface area contributed by atoms with Crippen LogP contribution in [0.4, 0.5) is 5.69 Å². The zero-order chi connectivity index (χ0) is 17.4. The topological polar surface area (TPSA) is 78.4 Å². The second kappa shape index (κ2) is 8.84. The molecule has 2 amide bonds. The van der Waals surface area contributed by atoms with Gasteiger partial charge in [-0.1, -0.05) is 25.1 Å². The van der Waals surface area contributed by atoms with Crippen molar-refractivity contribution in [2.45, 2.75) is 25.9 Å². The van der Waals surface area contributed by atoms with Gasteiger partial charge in [0.15, 0.2) is 0 Å². The number of hydrogen-bond acceptors (Lipinski definition) is 3. The van der Waals surface area contributed by atoms with Crippen molar-refractivity contribution in [3.05, 3.63) is 65.7 Å². The number of carbonyl (C=O) groups is 2. The van der Waals surface area contributed by atoms with Crippen LogP contribution < -0.4 is 10.6 Å². The van der Waals surface area contributed by atoms with Gasteiger partial charge in [0.25, 0.3) is 11.8 Å². The third kappa shape index (κ3) is 5.21. The van der Waals surface area contributed by atoms with Crippen LogP contribution in [0.3, 0.4) is 0 Å². The first kappa shape index (κ1) is 17.7. The lowest BCUT2D eigenvalue weighted by molar-refractivity contribution is 0.0941. The highest BCUT2D eigenvalue weighted by atomic mass is 16.3. The predicted molar refractivity (Wildman–Crippen MR) is 94.1 cm³/mol. The molecule has 2 aromatic carbocycles. The molecule has 0 saturated heterocycles. The number of nitrogens with one attached hydrogen (secondary N) is 2. The van der Waals surface area contributed by atoms with E-state index in [0.717, 1.165) is 0 Å². The molecular formula is C19H22N2O3. The average molecular weight is 326 g/mol. The Balaban J connectivity index is 1.88. The first-order valence-electron chi connectivity index (χ1n) is 8.03. The summed E-state index contributed by atoms with van der Waals surface area (Å²) < 4.78 is 0. The van der Waals surface area contributed by atoms with Gasteiger partial charge in [0.05, 0.1) is 6.10 Å². The van der Waals surface area contributed by atoms with Crippen LogP contribution in [0.2, 0.25) is 0 Å². The maximum atomic E-state index is 12.1. The van der Waals surface area contributed by atoms with E-state index in [4.69, 9.17) is 0 Å². The van der Waals surface area contributed by atoms with Gasteiger partial charge in [-0.25, -0.2) is 0 Å². The predicted octanol–water partition coefficient (Wildman–Crippen LogP) is 2.83. The molecule has 0 aliphatic rings. The van der Waals surface area contributed by atoms with Crippen molar-refractivity contribution in [2.75, 3.05) is 11.9 Å². The summed E-state index contributed by atoms with van der Waals surface area (Å²) in [5, 5.41) is 15.0. The van der Waals surface area contributed by atoms with Crippen molar-refractivity contribution < 1.29 is 14.7 Å². The zero-order valence-electron chi connectivity index (χ0n) is 13.7. The van der Waals surface area contributed by atoms with E-state index >= 15 is 0 Å². The fraction of sp³-hybridized carbons (Fsp3) is 0.263. The summed E-state index contributed by atoms with van der Waals surface area (Å²) in [4.78, 5) is 24.0. The van der Waals surface area contributed by atoms with Crippen molar-refractivity contribution in [1.82, 2.24) is 5.32 Å². The molecule has 0 aliphatic heterocycles. The Bertz CT molecular complexity index is 669. The molecule has 0 bridgehead atoms. The van der Waals surface area contributed by atoms with Crippen LogP contribution in [0.25, 0.3) is 0 Å². The normalized spacial score (nSPS) is 11.6. The van der Waals surface area contributed by atoms with E-state index in [1.54, 1.807) is 48.5 Å². The molecule has 0 spiro atoms. The smallest absolute Gasteiger partial charge is 0.255 e. The first-order chi connectivity index (χ1) is 11.6. The summed E-state index contributed by atoms with van der Waals surface area (Å²) in [7, 11) is 0. The van der Waals surface area contributed by atoms with Gasteiger partial charge in [-0.05, 0) is 49.2 Å². The van der Waals surface area contributed by atoms with Gasteiger partial charge in [0, 0.05) is 23.4 Å². The Hall–Kier alpha value is -2.66. The highest BCUT2D eigenvalue weighted by molar-refractivity contribution is 6.04. The molecule has 0 saturated carbocycles. The first-order valence-corrected chi connectivity index (χ1v) is 8.03. The molecule has 2 rings (SSSR count). The van der Waals surface area contributed by atoms with Crippen LogP contribution in [0.5, 0.6) is 0 Å². The summed E-state index contributed by atoms with van der Waals surface area (Å²) >= 11 is 0. The summed E-state index contributed by atoms with van der Waals surface area (Å²) in [5.41, 5.74) is 1.72. The molecule has 24 heavy (non-hydrogen) atoms. The second-order valence-electron chi connectivity index (χ2n) is 5.50. The third-order valence-electron chi connectivity index (χ3n) is 3.68. The summed E-state index contributed by atoms with van der Waals surface area (Å²) in [6, 6.07) is 15.6. The standard InChI is InChI=1S/C19H22N2O3/c1-2-17(22)12-13-20-18(23)15-8-10-16(11-9-15)21-19(24)14-6-4-3-5-7-14/h3-11,17,22H,2,12-13H2,1H3,(H,20,23)(H,21,24). The number of anilines is 1. The zero-order valence-corrected chi connectivity index (χ0v) is 13.7. The molecule has 3 N–H and O–H groups in total. The van der Waals surface area contributed by atoms with Crippen LogP contribution in [-0.4, -0.2) is 29.6 Å². The lowest BCUT2D eigenvalue weighted by Crippen LogP contribution is -2.27. The Morgan fingerprint density at radius 2 is 1.58 bits per heavy atom. The van der Waals surface area contributed by atoms with Gasteiger partial charge in [-0.3, -0.25) is 9.59 Å². The van der Waals surface area contributed by atoms with E-state index in [1.165, 1.54) is 0 Å². The van der Waals surface area contributed by atoms with E-state index in [9.17, 15) is 14.7 Å². The Morgan fingerprint density at radius 3 is 2.21 bits per heavy atom. The Labute approximate surface area is 141 Å². The third-order valence-corrected chi connectivity index (χ3v) is 3.68. The highest BCUT2D eigenvalue weighted by Gasteiger charge is 2.08. The van der Waals surface area contributed by atoms with Gasteiger partial charge in [0.2, 0.25) is 0 Å². The maximum Gasteiger partial charge on any atom is 0.255 e. The molecular weight excluding hydrogens is 304 g/mol. The van der Waals surface area contributed by atoms with Crippen molar-refractivity contribution in [3.8, 4) is 0 Å². The van der Waals surface area contributed by atoms with E-state index in [1.807, 2.05) is 13.0 Å². The minimum Gasteiger partial charge on any atom is -0.393 e. The van der Waals surface area contributed by atoms with Crippen LogP contribution in [-0.2, 0) is 0 Å². The minimum atomic E-state index is -0.388. The lowest BCUT2D eigenvalue weighted by Gasteiger charge is -2.09. The number of aliphatic hydroxyl groups is 1. The van der Waals surface area contributed by atoms with Gasteiger partial charge in [-0.2, -0.15) is 0 Å².